The normalized spacial score (nSPS) is 15.9. The Morgan fingerprint density at radius 3 is 2.94 bits per heavy atom. The second-order valence-corrected chi connectivity index (χ2v) is 7.28. The maximum atomic E-state index is 13.1. The van der Waals surface area contributed by atoms with Crippen molar-refractivity contribution in [2.24, 2.45) is 0 Å². The van der Waals surface area contributed by atoms with E-state index in [1.807, 2.05) is 0 Å². The molecule has 10 nitrogen and oxygen atoms in total. The number of ether oxygens (including phenoxy) is 1. The minimum atomic E-state index is -0.946. The van der Waals surface area contributed by atoms with Gasteiger partial charge in [0.1, 0.15) is 35.6 Å². The molecule has 32 heavy (non-hydrogen) atoms. The lowest BCUT2D eigenvalue weighted by molar-refractivity contribution is -0.120. The van der Waals surface area contributed by atoms with Crippen LogP contribution in [0.3, 0.4) is 0 Å². The molecule has 0 spiro atoms. The van der Waals surface area contributed by atoms with E-state index < -0.39 is 11.9 Å². The molecule has 1 aliphatic heterocycles. The van der Waals surface area contributed by atoms with Crippen molar-refractivity contribution in [3.8, 4) is 5.75 Å². The van der Waals surface area contributed by atoms with Crippen molar-refractivity contribution < 1.29 is 23.1 Å². The Morgan fingerprint density at radius 2 is 2.12 bits per heavy atom. The number of halogens is 1. The quantitative estimate of drug-likeness (QED) is 0.500. The molecule has 2 amide bonds. The summed E-state index contributed by atoms with van der Waals surface area (Å²) in [6, 6.07) is 8.34. The van der Waals surface area contributed by atoms with Gasteiger partial charge in [0.05, 0.1) is 5.69 Å². The largest absolute Gasteiger partial charge is 0.489 e. The highest BCUT2D eigenvalue weighted by atomic mass is 19.1. The topological polar surface area (TPSA) is 126 Å². The van der Waals surface area contributed by atoms with E-state index in [1.54, 1.807) is 31.3 Å². The van der Waals surface area contributed by atoms with Gasteiger partial charge in [0.25, 0.3) is 11.8 Å². The molecule has 0 fully saturated rings. The van der Waals surface area contributed by atoms with Crippen molar-refractivity contribution in [1.82, 2.24) is 25.5 Å². The van der Waals surface area contributed by atoms with Gasteiger partial charge in [-0.2, -0.15) is 0 Å². The zero-order chi connectivity index (χ0) is 22.2. The Morgan fingerprint density at radius 1 is 1.31 bits per heavy atom. The van der Waals surface area contributed by atoms with E-state index in [0.717, 1.165) is 5.56 Å². The summed E-state index contributed by atoms with van der Waals surface area (Å²) in [5.41, 5.74) is 2.43. The van der Waals surface area contributed by atoms with Crippen molar-refractivity contribution in [3.63, 3.8) is 0 Å². The number of aromatic amines is 1. The first kappa shape index (κ1) is 19.7. The van der Waals surface area contributed by atoms with Crippen LogP contribution < -0.4 is 15.0 Å². The highest BCUT2D eigenvalue weighted by Crippen LogP contribution is 2.34. The molecule has 11 heteroatoms. The number of likely N-dealkylation sites (N-methyl/N-ethyl adjacent to an activating group) is 1. The van der Waals surface area contributed by atoms with Crippen LogP contribution in [0.1, 0.15) is 22.0 Å². The first-order valence-electron chi connectivity index (χ1n) is 9.72. The molecule has 0 saturated carbocycles. The van der Waals surface area contributed by atoms with Crippen molar-refractivity contribution in [3.05, 3.63) is 65.8 Å². The third kappa shape index (κ3) is 3.64. The van der Waals surface area contributed by atoms with Crippen LogP contribution in [-0.2, 0) is 11.2 Å². The van der Waals surface area contributed by atoms with Gasteiger partial charge in [-0.3, -0.25) is 14.7 Å². The lowest BCUT2D eigenvalue weighted by Crippen LogP contribution is -2.49. The fourth-order valence-electron chi connectivity index (χ4n) is 3.45. The summed E-state index contributed by atoms with van der Waals surface area (Å²) in [5.74, 6) is -0.538. The van der Waals surface area contributed by atoms with Gasteiger partial charge >= 0.3 is 0 Å². The minimum absolute atomic E-state index is 0.0713. The summed E-state index contributed by atoms with van der Waals surface area (Å²) in [7, 11) is 1.59. The molecular weight excluding hydrogens is 419 g/mol. The lowest BCUT2D eigenvalue weighted by Gasteiger charge is -2.19. The van der Waals surface area contributed by atoms with Crippen LogP contribution in [0.25, 0.3) is 11.1 Å². The number of rotatable bonds is 4. The van der Waals surface area contributed by atoms with Crippen LogP contribution in [0.5, 0.6) is 5.75 Å². The van der Waals surface area contributed by atoms with E-state index in [2.05, 4.69) is 25.5 Å². The first-order valence-corrected chi connectivity index (χ1v) is 9.72. The van der Waals surface area contributed by atoms with Crippen LogP contribution >= 0.6 is 0 Å². The summed E-state index contributed by atoms with van der Waals surface area (Å²) in [4.78, 5) is 35.2. The molecule has 0 radical (unpaired) electrons. The number of hydrogen-bond donors (Lipinski definition) is 2. The second kappa shape index (κ2) is 7.76. The SMILES string of the molecule is CN1C(=O)[C@@H](NC(=O)c2n[nH]c(Cc3ccc(F)cc3)n2)COc2cc3ncoc3cc21. The summed E-state index contributed by atoms with van der Waals surface area (Å²) in [5, 5.41) is 9.23. The summed E-state index contributed by atoms with van der Waals surface area (Å²) in [6.45, 7) is -0.0713. The lowest BCUT2D eigenvalue weighted by atomic mass is 10.1. The van der Waals surface area contributed by atoms with Crippen LogP contribution in [0.15, 0.2) is 47.2 Å². The first-order chi connectivity index (χ1) is 15.5. The fraction of sp³-hybridized carbons (Fsp3) is 0.190. The van der Waals surface area contributed by atoms with Crippen LogP contribution in [0.4, 0.5) is 10.1 Å². The van der Waals surface area contributed by atoms with Crippen molar-refractivity contribution in [1.29, 1.82) is 0 Å². The summed E-state index contributed by atoms with van der Waals surface area (Å²) >= 11 is 0. The Labute approximate surface area is 180 Å². The Kier molecular flexibility index (Phi) is 4.77. The van der Waals surface area contributed by atoms with E-state index in [1.165, 1.54) is 23.4 Å². The maximum Gasteiger partial charge on any atom is 0.291 e. The zero-order valence-electron chi connectivity index (χ0n) is 16.8. The molecule has 0 unspecified atom stereocenters. The van der Waals surface area contributed by atoms with Crippen molar-refractivity contribution in [2.45, 2.75) is 12.5 Å². The van der Waals surface area contributed by atoms with Gasteiger partial charge in [-0.1, -0.05) is 12.1 Å². The van der Waals surface area contributed by atoms with Crippen molar-refractivity contribution >= 4 is 28.6 Å². The molecule has 1 atom stereocenters. The van der Waals surface area contributed by atoms with Gasteiger partial charge in [0.2, 0.25) is 5.82 Å². The van der Waals surface area contributed by atoms with E-state index in [0.29, 0.717) is 34.8 Å². The summed E-state index contributed by atoms with van der Waals surface area (Å²) in [6.07, 6.45) is 1.66. The molecule has 4 aromatic rings. The molecule has 3 heterocycles. The van der Waals surface area contributed by atoms with E-state index in [-0.39, 0.29) is 24.2 Å². The number of carbonyl (C=O) groups excluding carboxylic acids is 2. The van der Waals surface area contributed by atoms with Crippen LogP contribution in [0, 0.1) is 5.82 Å². The number of carbonyl (C=O) groups is 2. The van der Waals surface area contributed by atoms with E-state index >= 15 is 0 Å². The minimum Gasteiger partial charge on any atom is -0.489 e. The number of nitrogens with zero attached hydrogens (tertiary/aromatic N) is 4. The third-order valence-electron chi connectivity index (χ3n) is 5.13. The van der Waals surface area contributed by atoms with Gasteiger partial charge < -0.3 is 19.4 Å². The van der Waals surface area contributed by atoms with Gasteiger partial charge in [-0.25, -0.2) is 14.4 Å². The fourth-order valence-corrected chi connectivity index (χ4v) is 3.45. The number of hydrogen-bond acceptors (Lipinski definition) is 7. The molecule has 0 aliphatic carbocycles. The molecular formula is C21H17FN6O4. The summed E-state index contributed by atoms with van der Waals surface area (Å²) < 4.78 is 24.1. The molecule has 5 rings (SSSR count). The molecule has 2 aromatic heterocycles. The smallest absolute Gasteiger partial charge is 0.291 e. The second-order valence-electron chi connectivity index (χ2n) is 7.28. The molecule has 2 N–H and O–H groups in total. The van der Waals surface area contributed by atoms with Gasteiger partial charge in [0, 0.05) is 25.6 Å². The number of amides is 2. The highest BCUT2D eigenvalue weighted by molar-refractivity contribution is 6.03. The predicted octanol–water partition coefficient (Wildman–Crippen LogP) is 1.83. The van der Waals surface area contributed by atoms with Gasteiger partial charge in [0.15, 0.2) is 12.0 Å². The van der Waals surface area contributed by atoms with E-state index in [4.69, 9.17) is 9.15 Å². The molecule has 1 aliphatic rings. The number of fused-ring (bicyclic) bond motifs is 2. The molecule has 162 valence electrons. The predicted molar refractivity (Wildman–Crippen MR) is 110 cm³/mol. The zero-order valence-corrected chi connectivity index (χ0v) is 16.8. The Bertz CT molecular complexity index is 1320. The van der Waals surface area contributed by atoms with Crippen LogP contribution in [-0.4, -0.2) is 51.7 Å². The molecule has 0 saturated heterocycles. The average Bonchev–Trinajstić information content (AvgIpc) is 3.43. The number of H-pyrrole nitrogens is 1. The number of nitrogens with one attached hydrogen (secondary N) is 2. The van der Waals surface area contributed by atoms with Crippen LogP contribution in [0.2, 0.25) is 0 Å². The standard InChI is InChI=1S/C21H17FN6O4/c1-28-15-8-16-13(23-10-32-16)7-17(15)31-9-14(21(28)30)24-20(29)19-25-18(26-27-19)6-11-2-4-12(22)5-3-11/h2-5,7-8,10,14H,6,9H2,1H3,(H,24,29)(H,25,26,27)/t14-/m0/s1. The Balaban J connectivity index is 1.29. The number of aromatic nitrogens is 4. The maximum absolute atomic E-state index is 13.1. The molecule has 0 bridgehead atoms. The number of anilines is 1. The van der Waals surface area contributed by atoms with Gasteiger partial charge in [-0.05, 0) is 17.7 Å². The Hall–Kier alpha value is -4.28. The monoisotopic (exact) mass is 436 g/mol. The third-order valence-corrected chi connectivity index (χ3v) is 5.13. The van der Waals surface area contributed by atoms with Gasteiger partial charge in [-0.15, -0.1) is 5.10 Å². The van der Waals surface area contributed by atoms with Crippen molar-refractivity contribution in [2.75, 3.05) is 18.6 Å². The molecule has 2 aromatic carbocycles. The van der Waals surface area contributed by atoms with E-state index in [9.17, 15) is 14.0 Å². The number of oxazole rings is 1. The number of benzene rings is 2. The highest BCUT2D eigenvalue weighted by Gasteiger charge is 2.32. The average molecular weight is 436 g/mol.